The summed E-state index contributed by atoms with van der Waals surface area (Å²) in [5.41, 5.74) is 2.27. The maximum atomic E-state index is 13.8. The molecule has 2 N–H and O–H groups in total. The second-order valence-corrected chi connectivity index (χ2v) is 6.45. The number of carboxylic acid groups (broad SMARTS) is 1. The minimum atomic E-state index is -0.984. The molecule has 0 spiro atoms. The molecule has 0 aromatic heterocycles. The van der Waals surface area contributed by atoms with Crippen LogP contribution in [0.3, 0.4) is 0 Å². The summed E-state index contributed by atoms with van der Waals surface area (Å²) in [5, 5.41) is 13.0. The summed E-state index contributed by atoms with van der Waals surface area (Å²) in [6.07, 6.45) is 1.87. The van der Waals surface area contributed by atoms with Crippen molar-refractivity contribution in [3.05, 3.63) is 40.8 Å². The molecular formula is C18H22FNO3. The summed E-state index contributed by atoms with van der Waals surface area (Å²) < 4.78 is 19.2. The Balaban J connectivity index is 2.09. The average Bonchev–Trinajstić information content (AvgIpc) is 2.64. The Morgan fingerprint density at radius 1 is 1.35 bits per heavy atom. The minimum absolute atomic E-state index is 0.0237. The van der Waals surface area contributed by atoms with E-state index in [4.69, 9.17) is 4.74 Å². The van der Waals surface area contributed by atoms with Crippen molar-refractivity contribution in [1.29, 1.82) is 0 Å². The summed E-state index contributed by atoms with van der Waals surface area (Å²) in [6.45, 7) is 5.28. The van der Waals surface area contributed by atoms with Gasteiger partial charge >= 0.3 is 5.97 Å². The van der Waals surface area contributed by atoms with Crippen molar-refractivity contribution in [3.63, 3.8) is 0 Å². The molecule has 2 aliphatic heterocycles. The van der Waals surface area contributed by atoms with E-state index in [9.17, 15) is 14.3 Å². The highest BCUT2D eigenvalue weighted by Gasteiger charge is 2.35. The first-order valence-electron chi connectivity index (χ1n) is 8.07. The molecule has 5 heteroatoms. The first kappa shape index (κ1) is 16.0. The molecule has 2 unspecified atom stereocenters. The van der Waals surface area contributed by atoms with Gasteiger partial charge in [-0.15, -0.1) is 0 Å². The van der Waals surface area contributed by atoms with Gasteiger partial charge in [-0.3, -0.25) is 0 Å². The molecule has 124 valence electrons. The summed E-state index contributed by atoms with van der Waals surface area (Å²) >= 11 is 0. The number of carboxylic acids is 1. The van der Waals surface area contributed by atoms with Crippen molar-refractivity contribution in [3.8, 4) is 0 Å². The van der Waals surface area contributed by atoms with Gasteiger partial charge in [0.15, 0.2) is 0 Å². The molecule has 0 bridgehead atoms. The fraction of sp³-hybridized carbons (Fsp3) is 0.500. The van der Waals surface area contributed by atoms with Gasteiger partial charge in [0.25, 0.3) is 0 Å². The highest BCUT2D eigenvalue weighted by atomic mass is 19.1. The number of fused-ring (bicyclic) bond motifs is 1. The Morgan fingerprint density at radius 3 is 2.70 bits per heavy atom. The van der Waals surface area contributed by atoms with Crippen LogP contribution in [0.25, 0.3) is 5.57 Å². The molecule has 2 atom stereocenters. The fourth-order valence-electron chi connectivity index (χ4n) is 3.86. The smallest absolute Gasteiger partial charge is 0.338 e. The zero-order valence-electron chi connectivity index (χ0n) is 13.4. The number of aliphatic carboxylic acids is 1. The number of allylic oxidation sites excluding steroid dienone is 1. The third kappa shape index (κ3) is 2.98. The Bertz CT molecular complexity index is 650. The summed E-state index contributed by atoms with van der Waals surface area (Å²) in [4.78, 5) is 11.7. The van der Waals surface area contributed by atoms with Crippen molar-refractivity contribution < 1.29 is 19.0 Å². The Morgan fingerprint density at radius 2 is 2.04 bits per heavy atom. The number of halogens is 1. The summed E-state index contributed by atoms with van der Waals surface area (Å²) in [5.74, 6) is -0.901. The van der Waals surface area contributed by atoms with Crippen LogP contribution < -0.4 is 5.32 Å². The van der Waals surface area contributed by atoms with Crippen molar-refractivity contribution >= 4 is 11.5 Å². The van der Waals surface area contributed by atoms with Gasteiger partial charge in [0.1, 0.15) is 5.82 Å². The van der Waals surface area contributed by atoms with Gasteiger partial charge in [-0.2, -0.15) is 0 Å². The summed E-state index contributed by atoms with van der Waals surface area (Å²) in [6, 6.07) is 4.48. The molecule has 4 nitrogen and oxygen atoms in total. The SMILES string of the molecule is CC1=C(C(=O)O)c2ccc(F)cc2C(C)C(C2CCOCC2)N1. The molecule has 2 heterocycles. The van der Waals surface area contributed by atoms with Gasteiger partial charge in [-0.25, -0.2) is 9.18 Å². The van der Waals surface area contributed by atoms with E-state index in [0.29, 0.717) is 17.2 Å². The van der Waals surface area contributed by atoms with Gasteiger partial charge in [-0.05, 0) is 48.9 Å². The number of nitrogens with one attached hydrogen (secondary N) is 1. The van der Waals surface area contributed by atoms with E-state index < -0.39 is 5.97 Å². The quantitative estimate of drug-likeness (QED) is 0.879. The molecule has 0 amide bonds. The van der Waals surface area contributed by atoms with Crippen LogP contribution in [0.15, 0.2) is 23.9 Å². The van der Waals surface area contributed by atoms with Gasteiger partial charge in [0.05, 0.1) is 5.57 Å². The summed E-state index contributed by atoms with van der Waals surface area (Å²) in [7, 11) is 0. The predicted octanol–water partition coefficient (Wildman–Crippen LogP) is 3.14. The van der Waals surface area contributed by atoms with Crippen LogP contribution in [0.4, 0.5) is 4.39 Å². The molecule has 1 aromatic carbocycles. The number of carbonyl (C=O) groups is 1. The number of ether oxygens (including phenoxy) is 1. The molecule has 1 aromatic rings. The van der Waals surface area contributed by atoms with E-state index in [-0.39, 0.29) is 23.4 Å². The van der Waals surface area contributed by atoms with E-state index in [1.807, 2.05) is 6.92 Å². The van der Waals surface area contributed by atoms with E-state index in [1.165, 1.54) is 12.1 Å². The number of benzene rings is 1. The highest BCUT2D eigenvalue weighted by molar-refractivity contribution is 6.16. The van der Waals surface area contributed by atoms with Gasteiger partial charge in [0, 0.05) is 30.9 Å². The van der Waals surface area contributed by atoms with E-state index >= 15 is 0 Å². The average molecular weight is 319 g/mol. The zero-order valence-corrected chi connectivity index (χ0v) is 13.4. The second kappa shape index (κ2) is 6.32. The topological polar surface area (TPSA) is 58.6 Å². The third-order valence-electron chi connectivity index (χ3n) is 5.06. The standard InChI is InChI=1S/C18H22FNO3/c1-10-15-9-13(19)3-4-14(15)16(18(21)22)11(2)20-17(10)12-5-7-23-8-6-12/h3-4,9-10,12,17,20H,5-8H2,1-2H3,(H,21,22). The minimum Gasteiger partial charge on any atom is -0.478 e. The normalized spacial score (nSPS) is 25.5. The number of rotatable bonds is 2. The monoisotopic (exact) mass is 319 g/mol. The Hall–Kier alpha value is -1.88. The Labute approximate surface area is 135 Å². The lowest BCUT2D eigenvalue weighted by Crippen LogP contribution is -2.41. The molecule has 0 radical (unpaired) electrons. The van der Waals surface area contributed by atoms with Crippen LogP contribution in [0.1, 0.15) is 43.7 Å². The lowest BCUT2D eigenvalue weighted by molar-refractivity contribution is -0.130. The molecular weight excluding hydrogens is 297 g/mol. The van der Waals surface area contributed by atoms with Crippen LogP contribution in [0.5, 0.6) is 0 Å². The first-order valence-corrected chi connectivity index (χ1v) is 8.07. The maximum Gasteiger partial charge on any atom is 0.338 e. The van der Waals surface area contributed by atoms with Crippen molar-refractivity contribution in [2.45, 2.75) is 38.6 Å². The Kier molecular flexibility index (Phi) is 4.39. The van der Waals surface area contributed by atoms with Crippen LogP contribution in [0.2, 0.25) is 0 Å². The molecule has 23 heavy (non-hydrogen) atoms. The molecule has 1 saturated heterocycles. The molecule has 3 rings (SSSR count). The van der Waals surface area contributed by atoms with Crippen LogP contribution in [-0.4, -0.2) is 30.3 Å². The van der Waals surface area contributed by atoms with Crippen molar-refractivity contribution in [2.75, 3.05) is 13.2 Å². The molecule has 1 fully saturated rings. The van der Waals surface area contributed by atoms with Crippen molar-refractivity contribution in [1.82, 2.24) is 5.32 Å². The van der Waals surface area contributed by atoms with Crippen LogP contribution in [0, 0.1) is 11.7 Å². The first-order chi connectivity index (χ1) is 11.0. The van der Waals surface area contributed by atoms with Crippen molar-refractivity contribution in [2.24, 2.45) is 5.92 Å². The van der Waals surface area contributed by atoms with E-state index in [1.54, 1.807) is 13.0 Å². The molecule has 2 aliphatic rings. The van der Waals surface area contributed by atoms with E-state index in [2.05, 4.69) is 5.32 Å². The molecule has 0 aliphatic carbocycles. The number of hydrogen-bond donors (Lipinski definition) is 2. The largest absolute Gasteiger partial charge is 0.478 e. The second-order valence-electron chi connectivity index (χ2n) is 6.45. The fourth-order valence-corrected chi connectivity index (χ4v) is 3.86. The lowest BCUT2D eigenvalue weighted by atomic mass is 9.80. The highest BCUT2D eigenvalue weighted by Crippen LogP contribution is 2.38. The van der Waals surface area contributed by atoms with Crippen LogP contribution in [-0.2, 0) is 9.53 Å². The zero-order chi connectivity index (χ0) is 16.6. The van der Waals surface area contributed by atoms with Gasteiger partial charge in [-0.1, -0.05) is 13.0 Å². The lowest BCUT2D eigenvalue weighted by Gasteiger charge is -2.35. The maximum absolute atomic E-state index is 13.8. The third-order valence-corrected chi connectivity index (χ3v) is 5.06. The van der Waals surface area contributed by atoms with E-state index in [0.717, 1.165) is 31.6 Å². The van der Waals surface area contributed by atoms with Gasteiger partial charge in [0.2, 0.25) is 0 Å². The number of hydrogen-bond acceptors (Lipinski definition) is 3. The predicted molar refractivity (Wildman–Crippen MR) is 85.5 cm³/mol. The molecule has 0 saturated carbocycles. The van der Waals surface area contributed by atoms with Crippen LogP contribution >= 0.6 is 0 Å². The van der Waals surface area contributed by atoms with Gasteiger partial charge < -0.3 is 15.2 Å².